The first kappa shape index (κ1) is 10.8. The van der Waals surface area contributed by atoms with Crippen LogP contribution in [-0.4, -0.2) is 16.5 Å². The molecular weight excluding hydrogens is 246 g/mol. The average Bonchev–Trinajstić information content (AvgIpc) is 3.00. The zero-order valence-electron chi connectivity index (χ0n) is 10.1. The first-order valence-electron chi connectivity index (χ1n) is 6.70. The molecule has 0 radical (unpaired) electrons. The number of imidazole rings is 1. The monoisotopic (exact) mass is 261 g/mol. The Morgan fingerprint density at radius 3 is 3.17 bits per heavy atom. The Labute approximate surface area is 111 Å². The Balaban J connectivity index is 1.74. The van der Waals surface area contributed by atoms with Crippen LogP contribution in [0.1, 0.15) is 31.1 Å². The van der Waals surface area contributed by atoms with E-state index in [0.29, 0.717) is 6.04 Å². The highest BCUT2D eigenvalue weighted by Gasteiger charge is 2.40. The van der Waals surface area contributed by atoms with E-state index in [1.807, 2.05) is 18.2 Å². The number of fused-ring (bicyclic) bond motifs is 2. The van der Waals surface area contributed by atoms with Gasteiger partial charge in [-0.15, -0.1) is 0 Å². The van der Waals surface area contributed by atoms with E-state index in [0.717, 1.165) is 40.3 Å². The van der Waals surface area contributed by atoms with Crippen LogP contribution in [0, 0.1) is 11.8 Å². The Morgan fingerprint density at radius 1 is 1.28 bits per heavy atom. The molecule has 2 heterocycles. The van der Waals surface area contributed by atoms with Crippen LogP contribution in [0.2, 0.25) is 5.02 Å². The fraction of sp³-hybridized carbons (Fsp3) is 0.500. The average molecular weight is 262 g/mol. The van der Waals surface area contributed by atoms with Crippen molar-refractivity contribution in [3.63, 3.8) is 0 Å². The molecule has 4 heteroatoms. The van der Waals surface area contributed by atoms with Crippen molar-refractivity contribution in [2.75, 3.05) is 6.54 Å². The van der Waals surface area contributed by atoms with Crippen LogP contribution in [0.5, 0.6) is 0 Å². The molecule has 1 aromatic heterocycles. The SMILES string of the molecule is Clc1ccc2nc(C3NCC4CCCC43)[nH]c2c1. The summed E-state index contributed by atoms with van der Waals surface area (Å²) >= 11 is 6.01. The molecule has 2 aromatic rings. The molecule has 3 nitrogen and oxygen atoms in total. The van der Waals surface area contributed by atoms with Crippen LogP contribution >= 0.6 is 11.6 Å². The van der Waals surface area contributed by atoms with Crippen molar-refractivity contribution < 1.29 is 0 Å². The van der Waals surface area contributed by atoms with E-state index < -0.39 is 0 Å². The molecule has 18 heavy (non-hydrogen) atoms. The molecule has 2 fully saturated rings. The van der Waals surface area contributed by atoms with Gasteiger partial charge in [-0.2, -0.15) is 0 Å². The van der Waals surface area contributed by atoms with Crippen molar-refractivity contribution in [1.82, 2.24) is 15.3 Å². The fourth-order valence-electron chi connectivity index (χ4n) is 3.64. The molecule has 1 aliphatic carbocycles. The molecule has 2 N–H and O–H groups in total. The van der Waals surface area contributed by atoms with Crippen LogP contribution in [-0.2, 0) is 0 Å². The van der Waals surface area contributed by atoms with E-state index in [4.69, 9.17) is 16.6 Å². The van der Waals surface area contributed by atoms with Crippen LogP contribution < -0.4 is 5.32 Å². The lowest BCUT2D eigenvalue weighted by Gasteiger charge is -2.15. The standard InChI is InChI=1S/C14H16ClN3/c15-9-4-5-11-12(6-9)18-14(17-11)13-10-3-1-2-8(10)7-16-13/h4-6,8,10,13,16H,1-3,7H2,(H,17,18). The van der Waals surface area contributed by atoms with Gasteiger partial charge in [0.1, 0.15) is 5.82 Å². The number of aromatic amines is 1. The molecule has 0 amide bonds. The van der Waals surface area contributed by atoms with Crippen molar-refractivity contribution in [1.29, 1.82) is 0 Å². The van der Waals surface area contributed by atoms with Crippen molar-refractivity contribution in [2.24, 2.45) is 11.8 Å². The number of halogens is 1. The first-order valence-corrected chi connectivity index (χ1v) is 7.07. The molecule has 1 saturated carbocycles. The normalized spacial score (nSPS) is 31.1. The Hall–Kier alpha value is -1.06. The largest absolute Gasteiger partial charge is 0.341 e. The van der Waals surface area contributed by atoms with Gasteiger partial charge in [0.25, 0.3) is 0 Å². The molecule has 1 aromatic carbocycles. The van der Waals surface area contributed by atoms with Crippen molar-refractivity contribution >= 4 is 22.6 Å². The highest BCUT2D eigenvalue weighted by Crippen LogP contribution is 2.43. The molecule has 1 saturated heterocycles. The third-order valence-corrected chi connectivity index (χ3v) is 4.74. The topological polar surface area (TPSA) is 40.7 Å². The van der Waals surface area contributed by atoms with Gasteiger partial charge in [-0.3, -0.25) is 0 Å². The number of rotatable bonds is 1. The van der Waals surface area contributed by atoms with Crippen LogP contribution in [0.15, 0.2) is 18.2 Å². The quantitative estimate of drug-likeness (QED) is 0.827. The highest BCUT2D eigenvalue weighted by molar-refractivity contribution is 6.31. The molecule has 2 aliphatic rings. The summed E-state index contributed by atoms with van der Waals surface area (Å²) in [5, 5.41) is 4.38. The van der Waals surface area contributed by atoms with Gasteiger partial charge in [-0.05, 0) is 49.4 Å². The highest BCUT2D eigenvalue weighted by atomic mass is 35.5. The van der Waals surface area contributed by atoms with E-state index in [1.54, 1.807) is 0 Å². The fourth-order valence-corrected chi connectivity index (χ4v) is 3.81. The maximum absolute atomic E-state index is 6.01. The van der Waals surface area contributed by atoms with Crippen LogP contribution in [0.3, 0.4) is 0 Å². The third-order valence-electron chi connectivity index (χ3n) is 4.50. The Bertz CT molecular complexity index is 592. The number of benzene rings is 1. The number of H-pyrrole nitrogens is 1. The number of hydrogen-bond donors (Lipinski definition) is 2. The molecule has 3 atom stereocenters. The zero-order chi connectivity index (χ0) is 12.1. The zero-order valence-corrected chi connectivity index (χ0v) is 10.9. The summed E-state index contributed by atoms with van der Waals surface area (Å²) in [7, 11) is 0. The van der Waals surface area contributed by atoms with Gasteiger partial charge >= 0.3 is 0 Å². The predicted octanol–water partition coefficient (Wildman–Crippen LogP) is 3.28. The lowest BCUT2D eigenvalue weighted by atomic mass is 9.94. The minimum Gasteiger partial charge on any atom is -0.341 e. The predicted molar refractivity (Wildman–Crippen MR) is 72.7 cm³/mol. The molecule has 1 aliphatic heterocycles. The third kappa shape index (κ3) is 1.57. The second-order valence-corrected chi connectivity index (χ2v) is 5.96. The number of hydrogen-bond acceptors (Lipinski definition) is 2. The van der Waals surface area contributed by atoms with Gasteiger partial charge in [0, 0.05) is 5.02 Å². The maximum Gasteiger partial charge on any atom is 0.124 e. The van der Waals surface area contributed by atoms with E-state index >= 15 is 0 Å². The van der Waals surface area contributed by atoms with Gasteiger partial charge in [0.15, 0.2) is 0 Å². The molecule has 0 bridgehead atoms. The lowest BCUT2D eigenvalue weighted by molar-refractivity contribution is 0.410. The number of nitrogens with zero attached hydrogens (tertiary/aromatic N) is 1. The smallest absolute Gasteiger partial charge is 0.124 e. The van der Waals surface area contributed by atoms with E-state index in [1.165, 1.54) is 19.3 Å². The van der Waals surface area contributed by atoms with Crippen LogP contribution in [0.25, 0.3) is 11.0 Å². The molecule has 94 valence electrons. The summed E-state index contributed by atoms with van der Waals surface area (Å²) in [6.45, 7) is 1.15. The molecule has 3 unspecified atom stereocenters. The van der Waals surface area contributed by atoms with E-state index in [-0.39, 0.29) is 0 Å². The second-order valence-electron chi connectivity index (χ2n) is 5.52. The number of nitrogens with one attached hydrogen (secondary N) is 2. The molecule has 0 spiro atoms. The summed E-state index contributed by atoms with van der Waals surface area (Å²) < 4.78 is 0. The summed E-state index contributed by atoms with van der Waals surface area (Å²) in [6, 6.07) is 6.24. The van der Waals surface area contributed by atoms with Gasteiger partial charge < -0.3 is 10.3 Å². The number of aromatic nitrogens is 2. The maximum atomic E-state index is 6.01. The van der Waals surface area contributed by atoms with Gasteiger partial charge in [-0.25, -0.2) is 4.98 Å². The van der Waals surface area contributed by atoms with Gasteiger partial charge in [0.05, 0.1) is 17.1 Å². The summed E-state index contributed by atoms with van der Waals surface area (Å²) in [5.74, 6) is 2.70. The Morgan fingerprint density at radius 2 is 2.22 bits per heavy atom. The van der Waals surface area contributed by atoms with Crippen molar-refractivity contribution in [3.8, 4) is 0 Å². The van der Waals surface area contributed by atoms with Gasteiger partial charge in [0.2, 0.25) is 0 Å². The molecular formula is C14H16ClN3. The van der Waals surface area contributed by atoms with E-state index in [2.05, 4.69) is 10.3 Å². The lowest BCUT2D eigenvalue weighted by Crippen LogP contribution is -2.18. The minimum absolute atomic E-state index is 0.406. The summed E-state index contributed by atoms with van der Waals surface area (Å²) in [4.78, 5) is 8.15. The second kappa shape index (κ2) is 3.97. The van der Waals surface area contributed by atoms with Gasteiger partial charge in [-0.1, -0.05) is 18.0 Å². The van der Waals surface area contributed by atoms with Crippen LogP contribution in [0.4, 0.5) is 0 Å². The molecule has 4 rings (SSSR count). The Kier molecular flexibility index (Phi) is 2.39. The summed E-state index contributed by atoms with van der Waals surface area (Å²) in [5.41, 5.74) is 2.05. The van der Waals surface area contributed by atoms with E-state index in [9.17, 15) is 0 Å². The summed E-state index contributed by atoms with van der Waals surface area (Å²) in [6.07, 6.45) is 4.08. The van der Waals surface area contributed by atoms with Crippen molar-refractivity contribution in [2.45, 2.75) is 25.3 Å². The minimum atomic E-state index is 0.406. The first-order chi connectivity index (χ1) is 8.81. The van der Waals surface area contributed by atoms with Crippen molar-refractivity contribution in [3.05, 3.63) is 29.0 Å².